The number of amides is 1. The van der Waals surface area contributed by atoms with Crippen molar-refractivity contribution in [2.24, 2.45) is 0 Å². The number of nitrogens with one attached hydrogen (secondary N) is 1. The summed E-state index contributed by atoms with van der Waals surface area (Å²) in [6, 6.07) is 9.51. The molecule has 0 aliphatic carbocycles. The highest BCUT2D eigenvalue weighted by molar-refractivity contribution is 5.85. The first-order valence-electron chi connectivity index (χ1n) is 7.67. The third-order valence-corrected chi connectivity index (χ3v) is 3.47. The maximum Gasteiger partial charge on any atom is 0.408 e. The van der Waals surface area contributed by atoms with Gasteiger partial charge in [-0.1, -0.05) is 24.3 Å². The Balaban J connectivity index is 2.22. The van der Waals surface area contributed by atoms with E-state index in [-0.39, 0.29) is 6.42 Å². The molecular formula is C18H22N2O4. The van der Waals surface area contributed by atoms with E-state index >= 15 is 0 Å². The number of aromatic nitrogens is 1. The Labute approximate surface area is 140 Å². The molecule has 2 aromatic rings. The topological polar surface area (TPSA) is 88.5 Å². The largest absolute Gasteiger partial charge is 0.480 e. The summed E-state index contributed by atoms with van der Waals surface area (Å²) in [6.45, 7) is 6.59. The van der Waals surface area contributed by atoms with Crippen LogP contribution < -0.4 is 5.32 Å². The number of nitrogens with zero attached hydrogens (tertiary/aromatic N) is 1. The molecular weight excluding hydrogens is 308 g/mol. The monoisotopic (exact) mass is 330 g/mol. The second-order valence-corrected chi connectivity index (χ2v) is 6.96. The van der Waals surface area contributed by atoms with Gasteiger partial charge in [-0.25, -0.2) is 9.59 Å². The Hall–Kier alpha value is -2.63. The molecule has 1 aromatic heterocycles. The molecule has 2 rings (SSSR count). The lowest BCUT2D eigenvalue weighted by atomic mass is 9.95. The third-order valence-electron chi connectivity index (χ3n) is 3.47. The lowest BCUT2D eigenvalue weighted by Gasteiger charge is -2.28. The van der Waals surface area contributed by atoms with Crippen LogP contribution in [0.4, 0.5) is 4.79 Å². The lowest BCUT2D eigenvalue weighted by molar-refractivity contribution is -0.144. The van der Waals surface area contributed by atoms with Gasteiger partial charge in [0.1, 0.15) is 11.1 Å². The zero-order chi connectivity index (χ0) is 18.0. The minimum absolute atomic E-state index is 0.0480. The van der Waals surface area contributed by atoms with Crippen LogP contribution in [0.15, 0.2) is 36.5 Å². The summed E-state index contributed by atoms with van der Waals surface area (Å²) in [7, 11) is 0. The van der Waals surface area contributed by atoms with Crippen LogP contribution in [-0.4, -0.2) is 33.3 Å². The number of carbonyl (C=O) groups excluding carboxylic acids is 1. The average molecular weight is 330 g/mol. The molecule has 2 N–H and O–H groups in total. The van der Waals surface area contributed by atoms with Crippen molar-refractivity contribution in [3.8, 4) is 0 Å². The lowest BCUT2D eigenvalue weighted by Crippen LogP contribution is -2.55. The van der Waals surface area contributed by atoms with Gasteiger partial charge in [-0.15, -0.1) is 0 Å². The average Bonchev–Trinajstić information content (AvgIpc) is 2.44. The van der Waals surface area contributed by atoms with E-state index in [9.17, 15) is 14.7 Å². The molecule has 0 bridgehead atoms. The van der Waals surface area contributed by atoms with Crippen LogP contribution in [0.2, 0.25) is 0 Å². The van der Waals surface area contributed by atoms with Gasteiger partial charge in [0, 0.05) is 23.7 Å². The first-order chi connectivity index (χ1) is 11.1. The molecule has 1 unspecified atom stereocenters. The van der Waals surface area contributed by atoms with Crippen molar-refractivity contribution in [3.05, 3.63) is 42.2 Å². The van der Waals surface area contributed by atoms with E-state index in [0.717, 1.165) is 10.8 Å². The molecule has 128 valence electrons. The van der Waals surface area contributed by atoms with Crippen molar-refractivity contribution < 1.29 is 19.4 Å². The minimum Gasteiger partial charge on any atom is -0.480 e. The molecule has 1 heterocycles. The standard InChI is InChI=1S/C18H22N2O4/c1-17(2,3)24-16(23)20-18(4,15(21)22)10-14-9-12-7-5-6-8-13(12)11-19-14/h5-9,11H,10H2,1-4H3,(H,20,23)(H,21,22). The van der Waals surface area contributed by atoms with E-state index in [2.05, 4.69) is 10.3 Å². The highest BCUT2D eigenvalue weighted by atomic mass is 16.6. The number of carbonyl (C=O) groups is 2. The van der Waals surface area contributed by atoms with Crippen LogP contribution in [0.3, 0.4) is 0 Å². The Morgan fingerprint density at radius 3 is 2.38 bits per heavy atom. The molecule has 0 radical (unpaired) electrons. The highest BCUT2D eigenvalue weighted by Gasteiger charge is 2.37. The first-order valence-corrected chi connectivity index (χ1v) is 7.67. The van der Waals surface area contributed by atoms with Gasteiger partial charge in [0.05, 0.1) is 0 Å². The molecule has 6 nitrogen and oxygen atoms in total. The minimum atomic E-state index is -1.52. The fourth-order valence-electron chi connectivity index (χ4n) is 2.29. The molecule has 1 aromatic carbocycles. The van der Waals surface area contributed by atoms with Crippen molar-refractivity contribution in [2.45, 2.75) is 45.3 Å². The van der Waals surface area contributed by atoms with Crippen LogP contribution >= 0.6 is 0 Å². The normalized spacial score (nSPS) is 14.0. The number of pyridine rings is 1. The summed E-state index contributed by atoms with van der Waals surface area (Å²) in [6.07, 6.45) is 0.973. The van der Waals surface area contributed by atoms with Crippen LogP contribution in [0.1, 0.15) is 33.4 Å². The number of hydrogen-bond donors (Lipinski definition) is 2. The number of rotatable bonds is 4. The van der Waals surface area contributed by atoms with Gasteiger partial charge >= 0.3 is 12.1 Å². The van der Waals surface area contributed by atoms with Gasteiger partial charge in [-0.3, -0.25) is 4.98 Å². The van der Waals surface area contributed by atoms with Gasteiger partial charge in [0.2, 0.25) is 0 Å². The van der Waals surface area contributed by atoms with Crippen molar-refractivity contribution in [1.82, 2.24) is 10.3 Å². The predicted molar refractivity (Wildman–Crippen MR) is 90.9 cm³/mol. The maximum absolute atomic E-state index is 12.0. The maximum atomic E-state index is 12.0. The molecule has 0 aliphatic rings. The molecule has 0 spiro atoms. The zero-order valence-corrected chi connectivity index (χ0v) is 14.3. The summed E-state index contributed by atoms with van der Waals surface area (Å²) in [5.74, 6) is -1.15. The second kappa shape index (κ2) is 6.47. The molecule has 1 amide bonds. The van der Waals surface area contributed by atoms with Gasteiger partial charge < -0.3 is 15.2 Å². The number of carboxylic acid groups (broad SMARTS) is 1. The van der Waals surface area contributed by atoms with Gasteiger partial charge in [-0.05, 0) is 39.1 Å². The summed E-state index contributed by atoms with van der Waals surface area (Å²) >= 11 is 0. The Morgan fingerprint density at radius 1 is 1.17 bits per heavy atom. The molecule has 0 aliphatic heterocycles. The molecule has 0 saturated carbocycles. The Morgan fingerprint density at radius 2 is 1.79 bits per heavy atom. The first kappa shape index (κ1) is 17.7. The van der Waals surface area contributed by atoms with Crippen LogP contribution in [0.5, 0.6) is 0 Å². The summed E-state index contributed by atoms with van der Waals surface area (Å²) in [5, 5.41) is 13.9. The van der Waals surface area contributed by atoms with E-state index in [0.29, 0.717) is 5.69 Å². The number of carboxylic acids is 1. The highest BCUT2D eigenvalue weighted by Crippen LogP contribution is 2.18. The summed E-state index contributed by atoms with van der Waals surface area (Å²) in [4.78, 5) is 28.0. The summed E-state index contributed by atoms with van der Waals surface area (Å²) in [5.41, 5.74) is -1.64. The molecule has 0 fully saturated rings. The number of hydrogen-bond acceptors (Lipinski definition) is 4. The van der Waals surface area contributed by atoms with E-state index in [1.165, 1.54) is 6.92 Å². The van der Waals surface area contributed by atoms with E-state index < -0.39 is 23.2 Å². The molecule has 24 heavy (non-hydrogen) atoms. The van der Waals surface area contributed by atoms with Gasteiger partial charge in [-0.2, -0.15) is 0 Å². The Kier molecular flexibility index (Phi) is 4.78. The van der Waals surface area contributed by atoms with E-state index in [1.807, 2.05) is 30.3 Å². The van der Waals surface area contributed by atoms with Crippen molar-refractivity contribution in [1.29, 1.82) is 0 Å². The molecule has 0 saturated heterocycles. The van der Waals surface area contributed by atoms with Crippen LogP contribution in [0, 0.1) is 0 Å². The van der Waals surface area contributed by atoms with Crippen molar-refractivity contribution >= 4 is 22.8 Å². The Bertz CT molecular complexity index is 767. The van der Waals surface area contributed by atoms with Crippen LogP contribution in [-0.2, 0) is 16.0 Å². The second-order valence-electron chi connectivity index (χ2n) is 6.96. The number of aliphatic carboxylic acids is 1. The van der Waals surface area contributed by atoms with Crippen molar-refractivity contribution in [2.75, 3.05) is 0 Å². The van der Waals surface area contributed by atoms with Gasteiger partial charge in [0.15, 0.2) is 0 Å². The van der Waals surface area contributed by atoms with Crippen LogP contribution in [0.25, 0.3) is 10.8 Å². The zero-order valence-electron chi connectivity index (χ0n) is 14.3. The van der Waals surface area contributed by atoms with E-state index in [4.69, 9.17) is 4.74 Å². The fourth-order valence-corrected chi connectivity index (χ4v) is 2.29. The smallest absolute Gasteiger partial charge is 0.408 e. The number of alkyl carbamates (subject to hydrolysis) is 1. The SMILES string of the molecule is CC(C)(C)OC(=O)NC(C)(Cc1cc2ccccc2cn1)C(=O)O. The number of ether oxygens (including phenoxy) is 1. The van der Waals surface area contributed by atoms with E-state index in [1.54, 1.807) is 27.0 Å². The number of fused-ring (bicyclic) bond motifs is 1. The third kappa shape index (κ3) is 4.44. The quantitative estimate of drug-likeness (QED) is 0.899. The molecule has 1 atom stereocenters. The fraction of sp³-hybridized carbons (Fsp3) is 0.389. The van der Waals surface area contributed by atoms with Gasteiger partial charge in [0.25, 0.3) is 0 Å². The van der Waals surface area contributed by atoms with Crippen molar-refractivity contribution in [3.63, 3.8) is 0 Å². The number of benzene rings is 1. The summed E-state index contributed by atoms with van der Waals surface area (Å²) < 4.78 is 5.16. The predicted octanol–water partition coefficient (Wildman–Crippen LogP) is 3.15. The molecule has 6 heteroatoms.